The van der Waals surface area contributed by atoms with Crippen molar-refractivity contribution in [3.8, 4) is 5.88 Å². The van der Waals surface area contributed by atoms with Gasteiger partial charge in [0, 0.05) is 18.3 Å². The number of methoxy groups -OCH3 is 1. The van der Waals surface area contributed by atoms with Crippen LogP contribution in [0, 0.1) is 6.92 Å². The van der Waals surface area contributed by atoms with E-state index in [9.17, 15) is 13.2 Å². The maximum atomic E-state index is 11.6. The van der Waals surface area contributed by atoms with Crippen molar-refractivity contribution in [3.05, 3.63) is 53.7 Å². The minimum absolute atomic E-state index is 0.0666. The predicted octanol–water partition coefficient (Wildman–Crippen LogP) is 3.06. The van der Waals surface area contributed by atoms with E-state index in [2.05, 4.69) is 4.98 Å². The van der Waals surface area contributed by atoms with Gasteiger partial charge in [-0.25, -0.2) is 4.98 Å². The van der Waals surface area contributed by atoms with Crippen LogP contribution in [0.25, 0.3) is 0 Å². The summed E-state index contributed by atoms with van der Waals surface area (Å²) in [4.78, 5) is 15.6. The van der Waals surface area contributed by atoms with E-state index in [4.69, 9.17) is 19.8 Å². The number of aromatic nitrogens is 1. The van der Waals surface area contributed by atoms with Gasteiger partial charge in [0.15, 0.2) is 0 Å². The lowest BCUT2D eigenvalue weighted by Crippen LogP contribution is -2.26. The number of hydrogen-bond donors (Lipinski definition) is 2. The van der Waals surface area contributed by atoms with Crippen LogP contribution in [0.5, 0.6) is 5.88 Å². The van der Waals surface area contributed by atoms with Crippen LogP contribution in [-0.2, 0) is 19.6 Å². The van der Waals surface area contributed by atoms with Gasteiger partial charge in [0.2, 0.25) is 5.88 Å². The summed E-state index contributed by atoms with van der Waals surface area (Å²) in [6, 6.07) is 9.07. The van der Waals surface area contributed by atoms with E-state index in [0.717, 1.165) is 11.1 Å². The van der Waals surface area contributed by atoms with E-state index < -0.39 is 21.8 Å². The van der Waals surface area contributed by atoms with Crippen molar-refractivity contribution in [1.29, 1.82) is 0 Å². The number of esters is 1. The number of hydrogen-bond acceptors (Lipinski definition) is 7. The fraction of sp³-hybridized carbons (Fsp3) is 0.400. The molecule has 1 atom stereocenters. The Bertz CT molecular complexity index is 888. The molecule has 2 rings (SSSR count). The summed E-state index contributed by atoms with van der Waals surface area (Å²) < 4.78 is 39.7. The number of carbonyl (C=O) groups excluding carboxylic acids is 1. The number of carbonyl (C=O) groups is 1. The standard InChI is InChI=1S/C13H20N2O3.C7H8O3S/c1-13(2,3)18-12(16)7-10(14)9-5-6-11(17-4)15-8-9;1-6-2-4-7(5-3-6)11(8,9)10/h5-6,8,10H,7,14H2,1-4H3;2-5H,1H3,(H,8,9,10). The van der Waals surface area contributed by atoms with Crippen LogP contribution in [0.3, 0.4) is 0 Å². The van der Waals surface area contributed by atoms with Gasteiger partial charge in [0.1, 0.15) is 5.60 Å². The third-order valence-electron chi connectivity index (χ3n) is 3.52. The second-order valence-corrected chi connectivity index (χ2v) is 8.74. The molecule has 3 N–H and O–H groups in total. The van der Waals surface area contributed by atoms with Gasteiger partial charge >= 0.3 is 5.97 Å². The molecule has 9 heteroatoms. The number of aryl methyl sites for hydroxylation is 1. The summed E-state index contributed by atoms with van der Waals surface area (Å²) in [6.07, 6.45) is 1.74. The number of pyridine rings is 1. The normalized spacial score (nSPS) is 12.4. The Morgan fingerprint density at radius 2 is 1.76 bits per heavy atom. The van der Waals surface area contributed by atoms with Gasteiger partial charge in [0.05, 0.1) is 18.4 Å². The van der Waals surface area contributed by atoms with Gasteiger partial charge in [-0.15, -0.1) is 0 Å². The minimum Gasteiger partial charge on any atom is -0.481 e. The smallest absolute Gasteiger partial charge is 0.308 e. The van der Waals surface area contributed by atoms with E-state index in [-0.39, 0.29) is 17.3 Å². The molecule has 0 spiro atoms. The highest BCUT2D eigenvalue weighted by Gasteiger charge is 2.19. The van der Waals surface area contributed by atoms with Crippen molar-refractivity contribution < 1.29 is 27.2 Å². The summed E-state index contributed by atoms with van der Waals surface area (Å²) in [5, 5.41) is 0. The molecule has 1 aromatic heterocycles. The lowest BCUT2D eigenvalue weighted by molar-refractivity contribution is -0.155. The van der Waals surface area contributed by atoms with Gasteiger partial charge in [-0.1, -0.05) is 23.8 Å². The van der Waals surface area contributed by atoms with Crippen molar-refractivity contribution >= 4 is 16.1 Å². The first-order valence-electron chi connectivity index (χ1n) is 8.83. The van der Waals surface area contributed by atoms with Crippen molar-refractivity contribution in [2.45, 2.75) is 50.7 Å². The molecule has 0 saturated heterocycles. The zero-order valence-corrected chi connectivity index (χ0v) is 18.1. The molecule has 160 valence electrons. The minimum atomic E-state index is -4.02. The zero-order valence-electron chi connectivity index (χ0n) is 17.2. The number of ether oxygens (including phenoxy) is 2. The molecule has 1 heterocycles. The Kier molecular flexibility index (Phi) is 8.75. The first-order chi connectivity index (χ1) is 13.3. The van der Waals surface area contributed by atoms with E-state index in [1.54, 1.807) is 37.6 Å². The molecule has 0 fully saturated rings. The summed E-state index contributed by atoms with van der Waals surface area (Å²) in [5.74, 6) is 0.203. The van der Waals surface area contributed by atoms with Gasteiger partial charge in [-0.2, -0.15) is 8.42 Å². The molecule has 0 bridgehead atoms. The van der Waals surface area contributed by atoms with Crippen LogP contribution in [0.1, 0.15) is 44.4 Å². The van der Waals surface area contributed by atoms with E-state index in [1.807, 2.05) is 27.7 Å². The fourth-order valence-corrected chi connectivity index (χ4v) is 2.60. The fourth-order valence-electron chi connectivity index (χ4n) is 2.12. The summed E-state index contributed by atoms with van der Waals surface area (Å²) >= 11 is 0. The third-order valence-corrected chi connectivity index (χ3v) is 4.39. The first kappa shape index (κ1) is 24.5. The van der Waals surface area contributed by atoms with E-state index in [0.29, 0.717) is 5.88 Å². The number of benzene rings is 1. The van der Waals surface area contributed by atoms with E-state index in [1.165, 1.54) is 12.1 Å². The van der Waals surface area contributed by atoms with E-state index >= 15 is 0 Å². The Labute approximate surface area is 171 Å². The molecule has 8 nitrogen and oxygen atoms in total. The number of nitrogens with two attached hydrogens (primary N) is 1. The molecule has 0 aliphatic rings. The largest absolute Gasteiger partial charge is 0.481 e. The molecule has 0 aliphatic heterocycles. The predicted molar refractivity (Wildman–Crippen MR) is 109 cm³/mol. The van der Waals surface area contributed by atoms with Crippen LogP contribution >= 0.6 is 0 Å². The Morgan fingerprint density at radius 3 is 2.17 bits per heavy atom. The molecule has 1 aromatic carbocycles. The molecular formula is C20H28N2O6S. The number of rotatable bonds is 5. The third kappa shape index (κ3) is 9.51. The second kappa shape index (κ2) is 10.3. The van der Waals surface area contributed by atoms with Crippen molar-refractivity contribution in [2.75, 3.05) is 7.11 Å². The molecule has 29 heavy (non-hydrogen) atoms. The molecule has 0 saturated carbocycles. The summed E-state index contributed by atoms with van der Waals surface area (Å²) in [5.41, 5.74) is 7.17. The summed E-state index contributed by atoms with van der Waals surface area (Å²) in [6.45, 7) is 7.32. The van der Waals surface area contributed by atoms with Crippen molar-refractivity contribution in [3.63, 3.8) is 0 Å². The first-order valence-corrected chi connectivity index (χ1v) is 10.3. The van der Waals surface area contributed by atoms with Gasteiger partial charge in [-0.3, -0.25) is 9.35 Å². The Hall–Kier alpha value is -2.49. The molecular weight excluding hydrogens is 396 g/mol. The Balaban J connectivity index is 0.000000326. The maximum absolute atomic E-state index is 11.6. The van der Waals surface area contributed by atoms with Crippen LogP contribution in [0.15, 0.2) is 47.5 Å². The number of nitrogens with zero attached hydrogens (tertiary/aromatic N) is 1. The SMILES string of the molecule is COc1ccc(C(N)CC(=O)OC(C)(C)C)cn1.Cc1ccc(S(=O)(=O)O)cc1. The van der Waals surface area contributed by atoms with Crippen molar-refractivity contribution in [1.82, 2.24) is 4.98 Å². The van der Waals surface area contributed by atoms with Crippen LogP contribution < -0.4 is 10.5 Å². The Morgan fingerprint density at radius 1 is 1.17 bits per heavy atom. The zero-order chi connectivity index (χ0) is 22.2. The second-order valence-electron chi connectivity index (χ2n) is 7.32. The van der Waals surface area contributed by atoms with Gasteiger partial charge < -0.3 is 15.2 Å². The molecule has 0 aliphatic carbocycles. The van der Waals surface area contributed by atoms with Crippen LogP contribution in [0.2, 0.25) is 0 Å². The summed E-state index contributed by atoms with van der Waals surface area (Å²) in [7, 11) is -2.48. The molecule has 0 radical (unpaired) electrons. The molecule has 0 amide bonds. The molecule has 2 aromatic rings. The average Bonchev–Trinajstić information content (AvgIpc) is 2.60. The van der Waals surface area contributed by atoms with Gasteiger partial charge in [-0.05, 0) is 45.4 Å². The highest BCUT2D eigenvalue weighted by atomic mass is 32.2. The quantitative estimate of drug-likeness (QED) is 0.553. The highest BCUT2D eigenvalue weighted by molar-refractivity contribution is 7.85. The lowest BCUT2D eigenvalue weighted by atomic mass is 10.1. The highest BCUT2D eigenvalue weighted by Crippen LogP contribution is 2.18. The van der Waals surface area contributed by atoms with Crippen LogP contribution in [-0.4, -0.2) is 36.6 Å². The van der Waals surface area contributed by atoms with Crippen LogP contribution in [0.4, 0.5) is 0 Å². The maximum Gasteiger partial charge on any atom is 0.308 e. The topological polar surface area (TPSA) is 129 Å². The van der Waals surface area contributed by atoms with Gasteiger partial charge in [0.25, 0.3) is 10.1 Å². The molecule has 1 unspecified atom stereocenters. The monoisotopic (exact) mass is 424 g/mol. The van der Waals surface area contributed by atoms with Crippen molar-refractivity contribution in [2.24, 2.45) is 5.73 Å². The lowest BCUT2D eigenvalue weighted by Gasteiger charge is -2.21. The average molecular weight is 425 g/mol.